The topological polar surface area (TPSA) is 74.2 Å². The second-order valence-corrected chi connectivity index (χ2v) is 4.27. The van der Waals surface area contributed by atoms with E-state index in [1.54, 1.807) is 26.0 Å². The third-order valence-electron chi connectivity index (χ3n) is 2.43. The Hall–Kier alpha value is -1.79. The summed E-state index contributed by atoms with van der Waals surface area (Å²) in [6, 6.07) is -0.299. The highest BCUT2D eigenvalue weighted by Gasteiger charge is 2.17. The number of carbonyl (C=O) groups excluding carboxylic acids is 2. The molecule has 0 saturated heterocycles. The third-order valence-corrected chi connectivity index (χ3v) is 2.43. The highest BCUT2D eigenvalue weighted by molar-refractivity contribution is 5.99. The van der Waals surface area contributed by atoms with Crippen LogP contribution in [-0.2, 0) is 4.74 Å². The number of hydrogen-bond donors (Lipinski definition) is 1. The van der Waals surface area contributed by atoms with Gasteiger partial charge in [-0.1, -0.05) is 19.8 Å². The first-order valence-electron chi connectivity index (χ1n) is 6.29. The largest absolute Gasteiger partial charge is 0.451 e. The summed E-state index contributed by atoms with van der Waals surface area (Å²) in [5.41, 5.74) is 0. The quantitative estimate of drug-likeness (QED) is 0.478. The molecule has 0 saturated carbocycles. The predicted molar refractivity (Wildman–Crippen MR) is 74.2 cm³/mol. The number of nitrogens with zero attached hydrogens (tertiary/aromatic N) is 3. The summed E-state index contributed by atoms with van der Waals surface area (Å²) in [5.74, 6) is 0.222. The van der Waals surface area contributed by atoms with Gasteiger partial charge in [0.15, 0.2) is 0 Å². The van der Waals surface area contributed by atoms with Crippen molar-refractivity contribution in [1.29, 1.82) is 0 Å². The fourth-order valence-electron chi connectivity index (χ4n) is 1.38. The summed E-state index contributed by atoms with van der Waals surface area (Å²) in [7, 11) is 6.19. The Morgan fingerprint density at radius 1 is 1.21 bits per heavy atom. The maximum Gasteiger partial charge on any atom is 0.436 e. The highest BCUT2D eigenvalue weighted by atomic mass is 16.5. The Kier molecular flexibility index (Phi) is 8.32. The molecule has 0 heterocycles. The van der Waals surface area contributed by atoms with E-state index in [0.717, 1.165) is 19.3 Å². The Morgan fingerprint density at radius 3 is 2.32 bits per heavy atom. The van der Waals surface area contributed by atoms with Crippen LogP contribution in [0.3, 0.4) is 0 Å². The molecule has 0 aliphatic rings. The van der Waals surface area contributed by atoms with Crippen LogP contribution >= 0.6 is 0 Å². The minimum atomic E-state index is -0.741. The lowest BCUT2D eigenvalue weighted by atomic mass is 10.2. The fourth-order valence-corrected chi connectivity index (χ4v) is 1.38. The maximum atomic E-state index is 11.9. The molecule has 0 rings (SSSR count). The number of amides is 3. The first kappa shape index (κ1) is 17.2. The first-order chi connectivity index (χ1) is 8.93. The molecular formula is C12H24N4O3. The lowest BCUT2D eigenvalue weighted by Crippen LogP contribution is -2.47. The van der Waals surface area contributed by atoms with E-state index in [9.17, 15) is 9.59 Å². The SMILES string of the molecule is CCCCCNC(=O)N(C)C(=NC(=O)OC)N(C)C. The molecule has 0 atom stereocenters. The number of rotatable bonds is 4. The van der Waals surface area contributed by atoms with Gasteiger partial charge in [-0.05, 0) is 6.42 Å². The van der Waals surface area contributed by atoms with Gasteiger partial charge in [0.05, 0.1) is 7.11 Å². The number of aliphatic imine (C=N–C) groups is 1. The van der Waals surface area contributed by atoms with Crippen LogP contribution in [0.5, 0.6) is 0 Å². The highest BCUT2D eigenvalue weighted by Crippen LogP contribution is 1.97. The minimum Gasteiger partial charge on any atom is -0.451 e. The standard InChI is InChI=1S/C12H24N4O3/c1-6-7-8-9-13-11(17)16(4)10(15(2)3)14-12(18)19-5/h6-9H2,1-5H3,(H,13,17). The average Bonchev–Trinajstić information content (AvgIpc) is 2.39. The molecule has 0 aliphatic heterocycles. The van der Waals surface area contributed by atoms with Crippen LogP contribution in [0.15, 0.2) is 4.99 Å². The van der Waals surface area contributed by atoms with Crippen molar-refractivity contribution < 1.29 is 14.3 Å². The van der Waals surface area contributed by atoms with E-state index >= 15 is 0 Å². The van der Waals surface area contributed by atoms with E-state index in [2.05, 4.69) is 22.0 Å². The van der Waals surface area contributed by atoms with Gasteiger partial charge < -0.3 is 15.0 Å². The van der Waals surface area contributed by atoms with Crippen molar-refractivity contribution >= 4 is 18.1 Å². The van der Waals surface area contributed by atoms with Crippen molar-refractivity contribution in [3.05, 3.63) is 0 Å². The van der Waals surface area contributed by atoms with Crippen molar-refractivity contribution in [3.63, 3.8) is 0 Å². The molecule has 0 spiro atoms. The second kappa shape index (κ2) is 9.18. The van der Waals surface area contributed by atoms with Crippen LogP contribution in [0.1, 0.15) is 26.2 Å². The van der Waals surface area contributed by atoms with Crippen molar-refractivity contribution in [3.8, 4) is 0 Å². The zero-order valence-corrected chi connectivity index (χ0v) is 12.4. The van der Waals surface area contributed by atoms with Crippen LogP contribution in [0.25, 0.3) is 0 Å². The van der Waals surface area contributed by atoms with Crippen molar-refractivity contribution in [2.24, 2.45) is 4.99 Å². The number of unbranched alkanes of at least 4 members (excludes halogenated alkanes) is 2. The molecule has 0 aliphatic carbocycles. The molecule has 0 aromatic heterocycles. The van der Waals surface area contributed by atoms with Crippen molar-refractivity contribution in [2.45, 2.75) is 26.2 Å². The Morgan fingerprint density at radius 2 is 1.84 bits per heavy atom. The predicted octanol–water partition coefficient (Wildman–Crippen LogP) is 1.50. The normalized spacial score (nSPS) is 10.9. The van der Waals surface area contributed by atoms with Gasteiger partial charge >= 0.3 is 12.1 Å². The summed E-state index contributed by atoms with van der Waals surface area (Å²) in [5, 5.41) is 2.77. The Bertz CT molecular complexity index is 329. The van der Waals surface area contributed by atoms with E-state index in [-0.39, 0.29) is 12.0 Å². The first-order valence-corrected chi connectivity index (χ1v) is 6.29. The fraction of sp³-hybridized carbons (Fsp3) is 0.750. The lowest BCUT2D eigenvalue weighted by Gasteiger charge is -2.24. The molecule has 0 radical (unpaired) electrons. The number of nitrogens with one attached hydrogen (secondary N) is 1. The van der Waals surface area contributed by atoms with E-state index in [4.69, 9.17) is 0 Å². The number of methoxy groups -OCH3 is 1. The van der Waals surface area contributed by atoms with E-state index < -0.39 is 6.09 Å². The molecule has 19 heavy (non-hydrogen) atoms. The summed E-state index contributed by atoms with van der Waals surface area (Å²) < 4.78 is 4.46. The molecular weight excluding hydrogens is 248 g/mol. The van der Waals surface area contributed by atoms with Crippen LogP contribution in [0.4, 0.5) is 9.59 Å². The Labute approximate surface area is 114 Å². The zero-order chi connectivity index (χ0) is 14.8. The van der Waals surface area contributed by atoms with Crippen molar-refractivity contribution in [2.75, 3.05) is 34.8 Å². The smallest absolute Gasteiger partial charge is 0.436 e. The molecule has 110 valence electrons. The van der Waals surface area contributed by atoms with Crippen LogP contribution in [-0.4, -0.2) is 62.7 Å². The number of carbonyl (C=O) groups is 2. The van der Waals surface area contributed by atoms with E-state index in [1.807, 2.05) is 0 Å². The van der Waals surface area contributed by atoms with Crippen molar-refractivity contribution in [1.82, 2.24) is 15.1 Å². The molecule has 0 unspecified atom stereocenters. The van der Waals surface area contributed by atoms with Gasteiger partial charge in [-0.3, -0.25) is 4.90 Å². The van der Waals surface area contributed by atoms with E-state index in [0.29, 0.717) is 6.54 Å². The number of hydrogen-bond acceptors (Lipinski definition) is 3. The van der Waals surface area contributed by atoms with Gasteiger partial charge in [0.25, 0.3) is 0 Å². The molecule has 7 heteroatoms. The average molecular weight is 272 g/mol. The molecule has 0 aromatic carbocycles. The summed E-state index contributed by atoms with van der Waals surface area (Å²) in [6.07, 6.45) is 2.36. The van der Waals surface area contributed by atoms with Crippen LogP contribution in [0, 0.1) is 0 Å². The molecule has 0 aromatic rings. The number of urea groups is 1. The minimum absolute atomic E-state index is 0.222. The molecule has 7 nitrogen and oxygen atoms in total. The molecule has 1 N–H and O–H groups in total. The summed E-state index contributed by atoms with van der Waals surface area (Å²) in [6.45, 7) is 2.71. The van der Waals surface area contributed by atoms with Gasteiger partial charge in [-0.25, -0.2) is 9.59 Å². The summed E-state index contributed by atoms with van der Waals surface area (Å²) in [4.78, 5) is 29.6. The van der Waals surface area contributed by atoms with Crippen LogP contribution < -0.4 is 5.32 Å². The Balaban J connectivity index is 4.55. The molecule has 3 amide bonds. The summed E-state index contributed by atoms with van der Waals surface area (Å²) >= 11 is 0. The second-order valence-electron chi connectivity index (χ2n) is 4.27. The molecule has 0 bridgehead atoms. The van der Waals surface area contributed by atoms with Gasteiger partial charge in [0, 0.05) is 27.7 Å². The lowest BCUT2D eigenvalue weighted by molar-refractivity contribution is 0.181. The van der Waals surface area contributed by atoms with Crippen LogP contribution in [0.2, 0.25) is 0 Å². The van der Waals surface area contributed by atoms with Gasteiger partial charge in [-0.15, -0.1) is 4.99 Å². The number of ether oxygens (including phenoxy) is 1. The number of guanidine groups is 1. The zero-order valence-electron chi connectivity index (χ0n) is 12.4. The van der Waals surface area contributed by atoms with E-state index in [1.165, 1.54) is 12.0 Å². The van der Waals surface area contributed by atoms with Gasteiger partial charge in [0.1, 0.15) is 0 Å². The molecule has 0 fully saturated rings. The third kappa shape index (κ3) is 6.64. The van der Waals surface area contributed by atoms with Gasteiger partial charge in [0.2, 0.25) is 5.96 Å². The monoisotopic (exact) mass is 272 g/mol. The van der Waals surface area contributed by atoms with Gasteiger partial charge in [-0.2, -0.15) is 0 Å². The maximum absolute atomic E-state index is 11.9.